The fourth-order valence-electron chi connectivity index (χ4n) is 2.32. The highest BCUT2D eigenvalue weighted by molar-refractivity contribution is 7.10. The molecule has 0 spiro atoms. The van der Waals surface area contributed by atoms with Crippen LogP contribution in [0, 0.1) is 0 Å². The summed E-state index contributed by atoms with van der Waals surface area (Å²) < 4.78 is 18.7. The molecule has 1 aromatic heterocycles. The van der Waals surface area contributed by atoms with Crippen LogP contribution < -0.4 is 5.32 Å². The van der Waals surface area contributed by atoms with Crippen molar-refractivity contribution in [3.8, 4) is 0 Å². The number of hydrogen-bond acceptors (Lipinski definition) is 4. The Kier molecular flexibility index (Phi) is 4.82. The SMILES string of the molecule is COC(=O)[C@@]1(F)CCN(C(=O)NC[C@@H](C)c2cccs2)C1. The second-order valence-corrected chi connectivity index (χ2v) is 6.21. The van der Waals surface area contributed by atoms with Gasteiger partial charge in [-0.3, -0.25) is 0 Å². The van der Waals surface area contributed by atoms with Gasteiger partial charge in [0.15, 0.2) is 0 Å². The molecule has 1 aliphatic rings. The van der Waals surface area contributed by atoms with Crippen molar-refractivity contribution >= 4 is 23.3 Å². The van der Waals surface area contributed by atoms with Gasteiger partial charge < -0.3 is 15.0 Å². The first kappa shape index (κ1) is 15.8. The van der Waals surface area contributed by atoms with Crippen LogP contribution in [0.2, 0.25) is 0 Å². The van der Waals surface area contributed by atoms with E-state index in [0.29, 0.717) is 6.54 Å². The summed E-state index contributed by atoms with van der Waals surface area (Å²) in [7, 11) is 1.15. The maximum absolute atomic E-state index is 14.2. The van der Waals surface area contributed by atoms with E-state index < -0.39 is 11.6 Å². The predicted molar refractivity (Wildman–Crippen MR) is 78.2 cm³/mol. The highest BCUT2D eigenvalue weighted by Crippen LogP contribution is 2.27. The van der Waals surface area contributed by atoms with Crippen molar-refractivity contribution in [1.29, 1.82) is 0 Å². The van der Waals surface area contributed by atoms with Gasteiger partial charge in [-0.2, -0.15) is 0 Å². The minimum atomic E-state index is -2.08. The van der Waals surface area contributed by atoms with Crippen molar-refractivity contribution < 1.29 is 18.7 Å². The number of amides is 2. The molecule has 0 radical (unpaired) electrons. The van der Waals surface area contributed by atoms with Crippen molar-refractivity contribution in [3.63, 3.8) is 0 Å². The first-order valence-electron chi connectivity index (χ1n) is 6.80. The van der Waals surface area contributed by atoms with E-state index in [4.69, 9.17) is 0 Å². The van der Waals surface area contributed by atoms with Crippen molar-refractivity contribution in [2.45, 2.75) is 24.9 Å². The summed E-state index contributed by atoms with van der Waals surface area (Å²) in [6.45, 7) is 2.46. The smallest absolute Gasteiger partial charge is 0.345 e. The zero-order valence-corrected chi connectivity index (χ0v) is 12.9. The molecule has 7 heteroatoms. The molecule has 5 nitrogen and oxygen atoms in total. The third-order valence-corrected chi connectivity index (χ3v) is 4.75. The summed E-state index contributed by atoms with van der Waals surface area (Å²) in [5.41, 5.74) is -2.08. The molecule has 1 saturated heterocycles. The Balaban J connectivity index is 1.84. The van der Waals surface area contributed by atoms with E-state index in [-0.39, 0.29) is 31.5 Å². The Morgan fingerprint density at radius 2 is 2.38 bits per heavy atom. The van der Waals surface area contributed by atoms with Gasteiger partial charge in [-0.05, 0) is 11.4 Å². The number of halogens is 1. The van der Waals surface area contributed by atoms with Crippen LogP contribution in [-0.2, 0) is 9.53 Å². The predicted octanol–water partition coefficient (Wildman–Crippen LogP) is 2.15. The van der Waals surface area contributed by atoms with E-state index in [0.717, 1.165) is 7.11 Å². The maximum atomic E-state index is 14.2. The third kappa shape index (κ3) is 3.53. The number of thiophene rings is 1. The van der Waals surface area contributed by atoms with Gasteiger partial charge in [0.1, 0.15) is 0 Å². The number of urea groups is 1. The van der Waals surface area contributed by atoms with Crippen LogP contribution in [0.3, 0.4) is 0 Å². The number of alkyl halides is 1. The molecule has 0 aromatic carbocycles. The molecule has 0 unspecified atom stereocenters. The average molecular weight is 314 g/mol. The summed E-state index contributed by atoms with van der Waals surface area (Å²) >= 11 is 1.64. The molecule has 2 amide bonds. The highest BCUT2D eigenvalue weighted by Gasteiger charge is 2.47. The number of nitrogens with zero attached hydrogens (tertiary/aromatic N) is 1. The van der Waals surface area contributed by atoms with E-state index in [9.17, 15) is 14.0 Å². The molecule has 0 bridgehead atoms. The highest BCUT2D eigenvalue weighted by atomic mass is 32.1. The van der Waals surface area contributed by atoms with E-state index in [1.54, 1.807) is 11.3 Å². The number of likely N-dealkylation sites (tertiary alicyclic amines) is 1. The number of carbonyl (C=O) groups excluding carboxylic acids is 2. The third-order valence-electron chi connectivity index (χ3n) is 3.65. The molecule has 1 N–H and O–H groups in total. The summed E-state index contributed by atoms with van der Waals surface area (Å²) in [6, 6.07) is 3.63. The van der Waals surface area contributed by atoms with Crippen LogP contribution in [0.25, 0.3) is 0 Å². The van der Waals surface area contributed by atoms with Crippen LogP contribution in [0.4, 0.5) is 9.18 Å². The molecule has 1 fully saturated rings. The minimum absolute atomic E-state index is 0.0203. The van der Waals surface area contributed by atoms with Gasteiger partial charge in [-0.25, -0.2) is 14.0 Å². The van der Waals surface area contributed by atoms with Crippen LogP contribution in [0.1, 0.15) is 24.1 Å². The summed E-state index contributed by atoms with van der Waals surface area (Å²) in [6.07, 6.45) is -0.0203. The fourth-order valence-corrected chi connectivity index (χ4v) is 3.11. The standard InChI is InChI=1S/C14H19FN2O3S/c1-10(11-4-3-7-21-11)8-16-13(19)17-6-5-14(15,9-17)12(18)20-2/h3-4,7,10H,5-6,8-9H2,1-2H3,(H,16,19)/t10-,14-/m1/s1. The van der Waals surface area contributed by atoms with Crippen LogP contribution >= 0.6 is 11.3 Å². The fraction of sp³-hybridized carbons (Fsp3) is 0.571. The molecule has 2 atom stereocenters. The van der Waals surface area contributed by atoms with Gasteiger partial charge in [-0.1, -0.05) is 13.0 Å². The number of hydrogen-bond donors (Lipinski definition) is 1. The molecular weight excluding hydrogens is 295 g/mol. The largest absolute Gasteiger partial charge is 0.467 e. The van der Waals surface area contributed by atoms with E-state index >= 15 is 0 Å². The van der Waals surface area contributed by atoms with Gasteiger partial charge in [0.2, 0.25) is 5.67 Å². The van der Waals surface area contributed by atoms with Gasteiger partial charge in [0, 0.05) is 30.3 Å². The molecule has 0 aliphatic carbocycles. The lowest BCUT2D eigenvalue weighted by Gasteiger charge is -2.20. The molecule has 2 rings (SSSR count). The summed E-state index contributed by atoms with van der Waals surface area (Å²) in [5, 5.41) is 4.77. The number of nitrogens with one attached hydrogen (secondary N) is 1. The lowest BCUT2D eigenvalue weighted by molar-refractivity contribution is -0.153. The average Bonchev–Trinajstić information content (AvgIpc) is 3.13. The van der Waals surface area contributed by atoms with Gasteiger partial charge >= 0.3 is 12.0 Å². The second kappa shape index (κ2) is 6.43. The van der Waals surface area contributed by atoms with Gasteiger partial charge in [0.25, 0.3) is 0 Å². The summed E-state index contributed by atoms with van der Waals surface area (Å²) in [5.74, 6) is -0.711. The molecule has 1 aromatic rings. The first-order valence-corrected chi connectivity index (χ1v) is 7.68. The quantitative estimate of drug-likeness (QED) is 0.866. The Labute approximate surface area is 127 Å². The topological polar surface area (TPSA) is 58.6 Å². The molecule has 116 valence electrons. The zero-order valence-electron chi connectivity index (χ0n) is 12.1. The second-order valence-electron chi connectivity index (χ2n) is 5.23. The molecule has 21 heavy (non-hydrogen) atoms. The number of rotatable bonds is 4. The zero-order chi connectivity index (χ0) is 15.5. The lowest BCUT2D eigenvalue weighted by Crippen LogP contribution is -2.44. The minimum Gasteiger partial charge on any atom is -0.467 e. The van der Waals surface area contributed by atoms with Crippen molar-refractivity contribution in [2.24, 2.45) is 0 Å². The van der Waals surface area contributed by atoms with Crippen molar-refractivity contribution in [2.75, 3.05) is 26.7 Å². The van der Waals surface area contributed by atoms with E-state index in [2.05, 4.69) is 10.1 Å². The maximum Gasteiger partial charge on any atom is 0.345 e. The van der Waals surface area contributed by atoms with Crippen LogP contribution in [-0.4, -0.2) is 49.3 Å². The molecular formula is C14H19FN2O3S. The normalized spacial score (nSPS) is 22.9. The van der Waals surface area contributed by atoms with Gasteiger partial charge in [0.05, 0.1) is 13.7 Å². The number of esters is 1. The Hall–Kier alpha value is -1.63. The number of carbonyl (C=O) groups is 2. The van der Waals surface area contributed by atoms with Crippen molar-refractivity contribution in [3.05, 3.63) is 22.4 Å². The van der Waals surface area contributed by atoms with Gasteiger partial charge in [-0.15, -0.1) is 11.3 Å². The molecule has 2 heterocycles. The van der Waals surface area contributed by atoms with E-state index in [1.165, 1.54) is 9.78 Å². The summed E-state index contributed by atoms with van der Waals surface area (Å²) in [4.78, 5) is 25.9. The first-order chi connectivity index (χ1) is 9.96. The monoisotopic (exact) mass is 314 g/mol. The Morgan fingerprint density at radius 1 is 1.62 bits per heavy atom. The Morgan fingerprint density at radius 3 is 3.00 bits per heavy atom. The molecule has 0 saturated carbocycles. The Bertz CT molecular complexity index is 508. The number of methoxy groups -OCH3 is 1. The molecule has 1 aliphatic heterocycles. The van der Waals surface area contributed by atoms with Crippen LogP contribution in [0.15, 0.2) is 17.5 Å². The number of ether oxygens (including phenoxy) is 1. The van der Waals surface area contributed by atoms with Crippen molar-refractivity contribution in [1.82, 2.24) is 10.2 Å². The van der Waals surface area contributed by atoms with Crippen LogP contribution in [0.5, 0.6) is 0 Å². The van der Waals surface area contributed by atoms with E-state index in [1.807, 2.05) is 24.4 Å². The lowest BCUT2D eigenvalue weighted by atomic mass is 10.1.